The zero-order valence-corrected chi connectivity index (χ0v) is 32.9. The first-order valence-electron chi connectivity index (χ1n) is 17.8. The zero-order chi connectivity index (χ0) is 40.6. The molecular weight excluding hydrogens is 759 g/mol. The number of benzene rings is 3. The summed E-state index contributed by atoms with van der Waals surface area (Å²) in [6.45, 7) is 7.75. The van der Waals surface area contributed by atoms with Crippen LogP contribution in [0.5, 0.6) is 0 Å². The average molecular weight is 803 g/mol. The van der Waals surface area contributed by atoms with Crippen molar-refractivity contribution in [1.82, 2.24) is 29.1 Å². The molecule has 0 saturated carbocycles. The molecule has 0 aliphatic rings. The van der Waals surface area contributed by atoms with Gasteiger partial charge in [0.15, 0.2) is 5.16 Å². The quantitative estimate of drug-likeness (QED) is 0.0614. The van der Waals surface area contributed by atoms with E-state index in [-0.39, 0.29) is 23.8 Å². The topological polar surface area (TPSA) is 151 Å². The second-order valence-electron chi connectivity index (χ2n) is 12.7. The van der Waals surface area contributed by atoms with Gasteiger partial charge in [0.1, 0.15) is 12.4 Å². The molecule has 0 unspecified atom stereocenters. The summed E-state index contributed by atoms with van der Waals surface area (Å²) in [5, 5.41) is 21.0. The lowest BCUT2D eigenvalue weighted by molar-refractivity contribution is -0.134. The molecular formula is C41H44ClFN6O6S. The van der Waals surface area contributed by atoms with Crippen LogP contribution < -0.4 is 5.56 Å². The van der Waals surface area contributed by atoms with Crippen LogP contribution in [0, 0.1) is 5.82 Å². The predicted octanol–water partition coefficient (Wildman–Crippen LogP) is 6.40. The number of halogens is 2. The maximum Gasteiger partial charge on any atom is 0.328 e. The Morgan fingerprint density at radius 3 is 1.98 bits per heavy atom. The molecule has 5 rings (SSSR count). The molecule has 2 N–H and O–H groups in total. The number of amides is 1. The summed E-state index contributed by atoms with van der Waals surface area (Å²) in [6, 6.07) is 22.2. The third kappa shape index (κ3) is 13.9. The van der Waals surface area contributed by atoms with Gasteiger partial charge in [-0.1, -0.05) is 85.7 Å². The Bertz CT molecular complexity index is 2140. The number of aryl methyl sites for hydroxylation is 1. The Hall–Kier alpha value is -5.57. The van der Waals surface area contributed by atoms with Gasteiger partial charge in [0.2, 0.25) is 5.91 Å². The van der Waals surface area contributed by atoms with E-state index in [0.717, 1.165) is 47.5 Å². The Kier molecular flexibility index (Phi) is 16.6. The number of thioether (sulfide) groups is 1. The first-order valence-corrected chi connectivity index (χ1v) is 19.1. The van der Waals surface area contributed by atoms with Crippen molar-refractivity contribution in [3.63, 3.8) is 0 Å². The van der Waals surface area contributed by atoms with Gasteiger partial charge >= 0.3 is 11.9 Å². The van der Waals surface area contributed by atoms with Gasteiger partial charge in [-0.3, -0.25) is 14.3 Å². The molecule has 0 radical (unpaired) electrons. The Balaban J connectivity index is 0.000000784. The molecule has 0 fully saturated rings. The Morgan fingerprint density at radius 1 is 0.839 bits per heavy atom. The van der Waals surface area contributed by atoms with Crippen LogP contribution in [0.15, 0.2) is 113 Å². The predicted molar refractivity (Wildman–Crippen MR) is 215 cm³/mol. The van der Waals surface area contributed by atoms with Crippen molar-refractivity contribution in [2.45, 2.75) is 44.3 Å². The van der Waals surface area contributed by atoms with Gasteiger partial charge in [0.05, 0.1) is 6.20 Å². The number of carboxylic acids is 2. The van der Waals surface area contributed by atoms with Crippen LogP contribution in [0.4, 0.5) is 4.39 Å². The van der Waals surface area contributed by atoms with Crippen molar-refractivity contribution < 1.29 is 29.0 Å². The summed E-state index contributed by atoms with van der Waals surface area (Å²) in [7, 11) is 1.83. The second kappa shape index (κ2) is 21.5. The zero-order valence-electron chi connectivity index (χ0n) is 31.3. The standard InChI is InChI=1S/C37H40ClFN6O2S.C4H4O4/c1-4-43(5-2)18-19-44(23-27-6-10-30(11-7-27)31-12-14-33(38)15-13-31)35(46)25-45-24-32(20-29-21-40-42(3)22-29)36(47)41-37(45)48-26-28-8-16-34(39)17-9-28;5-3(6)1-2-4(7)8/h6-17,21-22,24H,4-5,18-20,23,25-26H2,1-3H3;1-2H,(H,5,6)(H,7,8). The highest BCUT2D eigenvalue weighted by Gasteiger charge is 2.19. The maximum atomic E-state index is 14.2. The molecule has 0 aliphatic carbocycles. The summed E-state index contributed by atoms with van der Waals surface area (Å²) < 4.78 is 17.0. The molecule has 294 valence electrons. The average Bonchev–Trinajstić information content (AvgIpc) is 3.60. The van der Waals surface area contributed by atoms with Crippen molar-refractivity contribution in [3.8, 4) is 11.1 Å². The number of carbonyl (C=O) groups is 3. The lowest BCUT2D eigenvalue weighted by Gasteiger charge is -2.27. The number of hydrogen-bond donors (Lipinski definition) is 2. The number of hydrogen-bond acceptors (Lipinski definition) is 8. The van der Waals surface area contributed by atoms with Gasteiger partial charge in [-0.2, -0.15) is 10.1 Å². The molecule has 3 aromatic carbocycles. The van der Waals surface area contributed by atoms with Gasteiger partial charge in [-0.25, -0.2) is 14.0 Å². The SMILES string of the molecule is CCN(CC)CCN(Cc1ccc(-c2ccc(Cl)cc2)cc1)C(=O)Cn1cc(Cc2cnn(C)c2)c(=O)nc1SCc1ccc(F)cc1.O=C(O)C=CC(=O)O. The van der Waals surface area contributed by atoms with Crippen LogP contribution in [0.25, 0.3) is 11.1 Å². The molecule has 56 heavy (non-hydrogen) atoms. The first kappa shape index (κ1) is 43.2. The fourth-order valence-electron chi connectivity index (χ4n) is 5.53. The summed E-state index contributed by atoms with van der Waals surface area (Å²) in [5.41, 5.74) is 5.05. The molecule has 5 aromatic rings. The van der Waals surface area contributed by atoms with Crippen LogP contribution in [0.1, 0.15) is 36.1 Å². The van der Waals surface area contributed by atoms with E-state index in [2.05, 4.69) is 53.1 Å². The molecule has 2 heterocycles. The highest BCUT2D eigenvalue weighted by molar-refractivity contribution is 7.98. The molecule has 0 saturated heterocycles. The largest absolute Gasteiger partial charge is 0.478 e. The summed E-state index contributed by atoms with van der Waals surface area (Å²) in [6.07, 6.45) is 6.79. The monoisotopic (exact) mass is 802 g/mol. The van der Waals surface area contributed by atoms with E-state index < -0.39 is 11.9 Å². The second-order valence-corrected chi connectivity index (χ2v) is 14.0. The van der Waals surface area contributed by atoms with E-state index in [0.29, 0.717) is 53.2 Å². The van der Waals surface area contributed by atoms with Crippen LogP contribution >= 0.6 is 23.4 Å². The van der Waals surface area contributed by atoms with Crippen LogP contribution in [0.2, 0.25) is 5.02 Å². The van der Waals surface area contributed by atoms with Gasteiger partial charge in [-0.05, 0) is 65.2 Å². The molecule has 0 spiro atoms. The van der Waals surface area contributed by atoms with Crippen LogP contribution in [-0.2, 0) is 46.7 Å². The maximum absolute atomic E-state index is 14.2. The van der Waals surface area contributed by atoms with Crippen LogP contribution in [-0.4, -0.2) is 83.4 Å². The van der Waals surface area contributed by atoms with Gasteiger partial charge in [-0.15, -0.1) is 0 Å². The molecule has 2 aromatic heterocycles. The molecule has 0 aliphatic heterocycles. The summed E-state index contributed by atoms with van der Waals surface area (Å²) in [5.74, 6) is -2.44. The molecule has 15 heteroatoms. The minimum absolute atomic E-state index is 0.0141. The van der Waals surface area contributed by atoms with Gasteiger partial charge in [0.25, 0.3) is 5.56 Å². The van der Waals surface area contributed by atoms with E-state index >= 15 is 0 Å². The van der Waals surface area contributed by atoms with Gasteiger partial charge in [0, 0.05) is 74.0 Å². The van der Waals surface area contributed by atoms with E-state index in [1.54, 1.807) is 33.8 Å². The number of aromatic nitrogens is 4. The lowest BCUT2D eigenvalue weighted by atomic mass is 10.0. The number of rotatable bonds is 17. The molecule has 1 amide bonds. The Morgan fingerprint density at radius 2 is 1.43 bits per heavy atom. The number of carbonyl (C=O) groups excluding carboxylic acids is 1. The highest BCUT2D eigenvalue weighted by Crippen LogP contribution is 2.24. The van der Waals surface area contributed by atoms with E-state index in [4.69, 9.17) is 21.8 Å². The number of aliphatic carboxylic acids is 2. The summed E-state index contributed by atoms with van der Waals surface area (Å²) in [4.78, 5) is 55.0. The third-order valence-corrected chi connectivity index (χ3v) is 9.89. The summed E-state index contributed by atoms with van der Waals surface area (Å²) >= 11 is 7.43. The van der Waals surface area contributed by atoms with Crippen molar-refractivity contribution in [2.75, 3.05) is 26.2 Å². The smallest absolute Gasteiger partial charge is 0.328 e. The number of nitrogens with zero attached hydrogens (tertiary/aromatic N) is 6. The molecule has 0 atom stereocenters. The first-order chi connectivity index (χ1) is 26.8. The molecule has 0 bridgehead atoms. The lowest BCUT2D eigenvalue weighted by Crippen LogP contribution is -2.40. The fraction of sp³-hybridized carbons (Fsp3) is 0.268. The van der Waals surface area contributed by atoms with E-state index in [1.807, 2.05) is 42.4 Å². The third-order valence-electron chi connectivity index (χ3n) is 8.58. The number of likely N-dealkylation sites (N-methyl/N-ethyl adjacent to an activating group) is 1. The van der Waals surface area contributed by atoms with Crippen molar-refractivity contribution >= 4 is 41.2 Å². The van der Waals surface area contributed by atoms with E-state index in [1.165, 1.54) is 23.9 Å². The normalized spacial score (nSPS) is 11.0. The van der Waals surface area contributed by atoms with Crippen molar-refractivity contribution in [2.24, 2.45) is 7.05 Å². The van der Waals surface area contributed by atoms with Crippen molar-refractivity contribution in [1.29, 1.82) is 0 Å². The minimum Gasteiger partial charge on any atom is -0.478 e. The number of carboxylic acid groups (broad SMARTS) is 2. The van der Waals surface area contributed by atoms with E-state index in [9.17, 15) is 23.6 Å². The molecule has 12 nitrogen and oxygen atoms in total. The minimum atomic E-state index is -1.26. The van der Waals surface area contributed by atoms with Gasteiger partial charge < -0.3 is 24.6 Å². The van der Waals surface area contributed by atoms with Crippen molar-refractivity contribution in [3.05, 3.63) is 147 Å². The van der Waals surface area contributed by atoms with Crippen LogP contribution in [0.3, 0.4) is 0 Å². The Labute approximate surface area is 333 Å². The highest BCUT2D eigenvalue weighted by atomic mass is 35.5. The fourth-order valence-corrected chi connectivity index (χ4v) is 6.58.